The van der Waals surface area contributed by atoms with Gasteiger partial charge in [-0.2, -0.15) is 4.98 Å². The van der Waals surface area contributed by atoms with E-state index < -0.39 is 22.0 Å². The standard InChI is InChI=1S/C16H17N3O5S/c20-15-14(19(22)23)16(21)18-12(17-15)8-6-10-7-9-13(24-10)25-11-4-2-1-3-5-11/h6-9,11H,1-5H2,(H2,17,18,20,21). The van der Waals surface area contributed by atoms with Gasteiger partial charge in [0.1, 0.15) is 11.6 Å². The molecule has 0 aromatic carbocycles. The zero-order valence-electron chi connectivity index (χ0n) is 13.3. The lowest BCUT2D eigenvalue weighted by atomic mass is 10.0. The molecule has 2 N–H and O–H groups in total. The Morgan fingerprint density at radius 3 is 2.76 bits per heavy atom. The minimum absolute atomic E-state index is 0.00554. The lowest BCUT2D eigenvalue weighted by Crippen LogP contribution is -2.14. The predicted octanol–water partition coefficient (Wildman–Crippen LogP) is 3.57. The first-order chi connectivity index (χ1) is 12.0. The van der Waals surface area contributed by atoms with E-state index in [2.05, 4.69) is 9.97 Å². The third-order valence-electron chi connectivity index (χ3n) is 3.92. The zero-order chi connectivity index (χ0) is 17.8. The first-order valence-corrected chi connectivity index (χ1v) is 8.83. The number of nitrogens with one attached hydrogen (secondary N) is 1. The monoisotopic (exact) mass is 363 g/mol. The van der Waals surface area contributed by atoms with Crippen LogP contribution in [0.4, 0.5) is 5.69 Å². The molecule has 3 rings (SSSR count). The number of rotatable bonds is 5. The molecule has 2 heterocycles. The summed E-state index contributed by atoms with van der Waals surface area (Å²) in [6, 6.07) is 3.69. The Balaban J connectivity index is 1.70. The molecule has 0 unspecified atom stereocenters. The molecular weight excluding hydrogens is 346 g/mol. The molecule has 0 aliphatic heterocycles. The van der Waals surface area contributed by atoms with Crippen molar-refractivity contribution in [1.82, 2.24) is 9.97 Å². The average Bonchev–Trinajstić information content (AvgIpc) is 3.00. The van der Waals surface area contributed by atoms with E-state index in [-0.39, 0.29) is 5.82 Å². The van der Waals surface area contributed by atoms with Crippen LogP contribution in [0.15, 0.2) is 26.4 Å². The van der Waals surface area contributed by atoms with Crippen LogP contribution in [-0.2, 0) is 0 Å². The van der Waals surface area contributed by atoms with Crippen LogP contribution in [0.5, 0.6) is 5.88 Å². The summed E-state index contributed by atoms with van der Waals surface area (Å²) in [6.45, 7) is 0. The van der Waals surface area contributed by atoms with Gasteiger partial charge in [-0.05, 0) is 37.1 Å². The highest BCUT2D eigenvalue weighted by molar-refractivity contribution is 7.99. The highest BCUT2D eigenvalue weighted by Gasteiger charge is 2.21. The fourth-order valence-corrected chi connectivity index (χ4v) is 3.90. The van der Waals surface area contributed by atoms with Crippen LogP contribution < -0.4 is 5.56 Å². The summed E-state index contributed by atoms with van der Waals surface area (Å²) in [5.74, 6) is -0.342. The molecule has 8 nitrogen and oxygen atoms in total. The van der Waals surface area contributed by atoms with Crippen molar-refractivity contribution in [3.8, 4) is 5.88 Å². The molecule has 1 fully saturated rings. The average molecular weight is 363 g/mol. The minimum Gasteiger partial charge on any atom is -0.488 e. The molecule has 0 radical (unpaired) electrons. The summed E-state index contributed by atoms with van der Waals surface area (Å²) in [4.78, 5) is 27.1. The minimum atomic E-state index is -1.01. The number of thioether (sulfide) groups is 1. The quantitative estimate of drug-likeness (QED) is 0.615. The van der Waals surface area contributed by atoms with E-state index in [0.29, 0.717) is 11.0 Å². The van der Waals surface area contributed by atoms with Crippen LogP contribution in [0.3, 0.4) is 0 Å². The third-order valence-corrected chi connectivity index (χ3v) is 5.18. The Labute approximate surface area is 147 Å². The van der Waals surface area contributed by atoms with Crippen LogP contribution in [0.25, 0.3) is 12.2 Å². The molecule has 1 aliphatic rings. The van der Waals surface area contributed by atoms with Gasteiger partial charge < -0.3 is 14.5 Å². The van der Waals surface area contributed by atoms with Gasteiger partial charge in [0.25, 0.3) is 5.88 Å². The SMILES string of the molecule is O=c1[nH]c(C=Cc2ccc(SC3CCCCC3)o2)nc(O)c1[N+](=O)[O-]. The van der Waals surface area contributed by atoms with Gasteiger partial charge in [0, 0.05) is 5.25 Å². The van der Waals surface area contributed by atoms with Crippen LogP contribution in [0, 0.1) is 10.1 Å². The molecular formula is C16H17N3O5S. The van der Waals surface area contributed by atoms with Crippen molar-refractivity contribution in [2.45, 2.75) is 42.4 Å². The van der Waals surface area contributed by atoms with Gasteiger partial charge in [-0.15, -0.1) is 0 Å². The second kappa shape index (κ2) is 7.56. The summed E-state index contributed by atoms with van der Waals surface area (Å²) in [5, 5.41) is 21.6. The molecule has 0 amide bonds. The molecule has 0 atom stereocenters. The number of nitro groups is 1. The Morgan fingerprint density at radius 2 is 2.08 bits per heavy atom. The molecule has 2 aromatic heterocycles. The van der Waals surface area contributed by atoms with Gasteiger partial charge in [-0.1, -0.05) is 31.0 Å². The first-order valence-electron chi connectivity index (χ1n) is 7.95. The molecule has 0 saturated heterocycles. The maximum atomic E-state index is 11.6. The highest BCUT2D eigenvalue weighted by Crippen LogP contribution is 2.34. The van der Waals surface area contributed by atoms with E-state index in [0.717, 1.165) is 5.09 Å². The normalized spacial score (nSPS) is 15.7. The maximum absolute atomic E-state index is 11.6. The molecule has 25 heavy (non-hydrogen) atoms. The van der Waals surface area contributed by atoms with Crippen LogP contribution >= 0.6 is 11.8 Å². The van der Waals surface area contributed by atoms with Gasteiger partial charge >= 0.3 is 11.2 Å². The molecule has 1 saturated carbocycles. The highest BCUT2D eigenvalue weighted by atomic mass is 32.2. The van der Waals surface area contributed by atoms with Gasteiger partial charge in [0.15, 0.2) is 5.09 Å². The summed E-state index contributed by atoms with van der Waals surface area (Å²) < 4.78 is 5.72. The third kappa shape index (κ3) is 4.30. The first kappa shape index (κ1) is 17.3. The fourth-order valence-electron chi connectivity index (χ4n) is 2.71. The van der Waals surface area contributed by atoms with Crippen LogP contribution in [0.2, 0.25) is 0 Å². The van der Waals surface area contributed by atoms with Gasteiger partial charge in [-0.25, -0.2) is 0 Å². The molecule has 132 valence electrons. The van der Waals surface area contributed by atoms with Gasteiger partial charge in [0.2, 0.25) is 0 Å². The summed E-state index contributed by atoms with van der Waals surface area (Å²) in [6.07, 6.45) is 9.21. The molecule has 0 bridgehead atoms. The Bertz CT molecular complexity index is 852. The number of aromatic amines is 1. The van der Waals surface area contributed by atoms with Crippen molar-refractivity contribution in [2.75, 3.05) is 0 Å². The van der Waals surface area contributed by atoms with Crippen LogP contribution in [-0.4, -0.2) is 25.2 Å². The number of aromatic hydroxyl groups is 1. The van der Waals surface area contributed by atoms with Crippen molar-refractivity contribution in [1.29, 1.82) is 0 Å². The maximum Gasteiger partial charge on any atom is 0.395 e. The van der Waals surface area contributed by atoms with E-state index in [9.17, 15) is 20.0 Å². The van der Waals surface area contributed by atoms with E-state index in [1.807, 2.05) is 6.07 Å². The fraction of sp³-hybridized carbons (Fsp3) is 0.375. The number of aromatic nitrogens is 2. The Hall–Kier alpha value is -2.55. The topological polar surface area (TPSA) is 122 Å². The number of furan rings is 1. The second-order valence-corrected chi connectivity index (χ2v) is 7.05. The van der Waals surface area contributed by atoms with Crippen molar-refractivity contribution < 1.29 is 14.4 Å². The van der Waals surface area contributed by atoms with E-state index in [1.54, 1.807) is 23.9 Å². The summed E-state index contributed by atoms with van der Waals surface area (Å²) in [7, 11) is 0. The lowest BCUT2D eigenvalue weighted by molar-refractivity contribution is -0.387. The smallest absolute Gasteiger partial charge is 0.395 e. The Morgan fingerprint density at radius 1 is 1.32 bits per heavy atom. The molecule has 2 aromatic rings. The largest absolute Gasteiger partial charge is 0.488 e. The van der Waals surface area contributed by atoms with Crippen molar-refractivity contribution in [3.05, 3.63) is 44.2 Å². The number of hydrogen-bond donors (Lipinski definition) is 2. The van der Waals surface area contributed by atoms with Crippen molar-refractivity contribution in [3.63, 3.8) is 0 Å². The summed E-state index contributed by atoms with van der Waals surface area (Å²) >= 11 is 1.73. The number of hydrogen-bond acceptors (Lipinski definition) is 7. The molecule has 1 aliphatic carbocycles. The van der Waals surface area contributed by atoms with Crippen molar-refractivity contribution in [2.24, 2.45) is 0 Å². The molecule has 0 spiro atoms. The van der Waals surface area contributed by atoms with E-state index in [1.165, 1.54) is 38.2 Å². The number of H-pyrrole nitrogens is 1. The predicted molar refractivity (Wildman–Crippen MR) is 93.5 cm³/mol. The zero-order valence-corrected chi connectivity index (χ0v) is 14.1. The van der Waals surface area contributed by atoms with Crippen LogP contribution in [0.1, 0.15) is 43.7 Å². The lowest BCUT2D eigenvalue weighted by Gasteiger charge is -2.19. The Kier molecular flexibility index (Phi) is 5.22. The second-order valence-electron chi connectivity index (χ2n) is 5.75. The van der Waals surface area contributed by atoms with E-state index >= 15 is 0 Å². The summed E-state index contributed by atoms with van der Waals surface area (Å²) in [5.41, 5.74) is -1.98. The number of nitrogens with zero attached hydrogens (tertiary/aromatic N) is 2. The van der Waals surface area contributed by atoms with Gasteiger partial charge in [0.05, 0.1) is 4.92 Å². The van der Waals surface area contributed by atoms with Crippen molar-refractivity contribution >= 4 is 29.6 Å². The van der Waals surface area contributed by atoms with Gasteiger partial charge in [-0.3, -0.25) is 14.9 Å². The molecule has 9 heteroatoms. The van der Waals surface area contributed by atoms with E-state index in [4.69, 9.17) is 4.42 Å².